The summed E-state index contributed by atoms with van der Waals surface area (Å²) in [6.45, 7) is 3.97. The molecule has 1 unspecified atom stereocenters. The monoisotopic (exact) mass is 255 g/mol. The Hall–Kier alpha value is -1.72. The number of carboxylic acid groups (broad SMARTS) is 1. The van der Waals surface area contributed by atoms with E-state index in [-0.39, 0.29) is 11.7 Å². The number of aryl methyl sites for hydroxylation is 1. The van der Waals surface area contributed by atoms with Crippen molar-refractivity contribution in [3.05, 3.63) is 17.8 Å². The van der Waals surface area contributed by atoms with Crippen LogP contribution in [0.4, 0.5) is 10.2 Å². The van der Waals surface area contributed by atoms with Crippen LogP contribution in [0.2, 0.25) is 0 Å². The zero-order valence-electron chi connectivity index (χ0n) is 10.6. The lowest BCUT2D eigenvalue weighted by molar-refractivity contribution is -0.141. The van der Waals surface area contributed by atoms with Crippen LogP contribution in [-0.2, 0) is 11.2 Å². The standard InChI is InChI=1S/C12H18FN3O2/c1-3-9-10(13)11(16-7-15-9)14-6-4-5-8(2)12(17)18/h7-8H,3-6H2,1-2H3,(H,17,18)(H,14,15,16). The summed E-state index contributed by atoms with van der Waals surface area (Å²) < 4.78 is 13.7. The van der Waals surface area contributed by atoms with Gasteiger partial charge in [0.15, 0.2) is 11.6 Å². The van der Waals surface area contributed by atoms with E-state index in [9.17, 15) is 9.18 Å². The molecule has 2 N–H and O–H groups in total. The molecule has 0 bridgehead atoms. The summed E-state index contributed by atoms with van der Waals surface area (Å²) in [5.74, 6) is -1.43. The van der Waals surface area contributed by atoms with E-state index in [1.54, 1.807) is 6.92 Å². The third kappa shape index (κ3) is 3.94. The van der Waals surface area contributed by atoms with Crippen LogP contribution >= 0.6 is 0 Å². The van der Waals surface area contributed by atoms with Crippen molar-refractivity contribution in [1.82, 2.24) is 9.97 Å². The maximum atomic E-state index is 13.7. The van der Waals surface area contributed by atoms with E-state index >= 15 is 0 Å². The fourth-order valence-corrected chi connectivity index (χ4v) is 1.51. The lowest BCUT2D eigenvalue weighted by Crippen LogP contribution is -2.13. The van der Waals surface area contributed by atoms with Crippen molar-refractivity contribution >= 4 is 11.8 Å². The summed E-state index contributed by atoms with van der Waals surface area (Å²) in [5, 5.41) is 11.6. The molecular formula is C12H18FN3O2. The van der Waals surface area contributed by atoms with Crippen molar-refractivity contribution < 1.29 is 14.3 Å². The minimum atomic E-state index is -0.809. The number of aliphatic carboxylic acids is 1. The van der Waals surface area contributed by atoms with Crippen molar-refractivity contribution in [3.8, 4) is 0 Å². The first-order chi connectivity index (χ1) is 8.56. The molecule has 0 saturated heterocycles. The first kappa shape index (κ1) is 14.3. The largest absolute Gasteiger partial charge is 0.481 e. The molecule has 0 fully saturated rings. The number of hydrogen-bond acceptors (Lipinski definition) is 4. The fourth-order valence-electron chi connectivity index (χ4n) is 1.51. The Labute approximate surface area is 105 Å². The smallest absolute Gasteiger partial charge is 0.306 e. The maximum absolute atomic E-state index is 13.7. The molecule has 0 aliphatic heterocycles. The van der Waals surface area contributed by atoms with Gasteiger partial charge in [-0.15, -0.1) is 0 Å². The van der Waals surface area contributed by atoms with Gasteiger partial charge in [-0.3, -0.25) is 4.79 Å². The second-order valence-electron chi connectivity index (χ2n) is 4.14. The van der Waals surface area contributed by atoms with Gasteiger partial charge in [0.05, 0.1) is 11.6 Å². The minimum absolute atomic E-state index is 0.185. The highest BCUT2D eigenvalue weighted by molar-refractivity contribution is 5.69. The van der Waals surface area contributed by atoms with E-state index in [0.717, 1.165) is 0 Å². The van der Waals surface area contributed by atoms with Crippen molar-refractivity contribution in [2.24, 2.45) is 5.92 Å². The number of hydrogen-bond donors (Lipinski definition) is 2. The molecule has 1 heterocycles. The Morgan fingerprint density at radius 3 is 2.89 bits per heavy atom. The minimum Gasteiger partial charge on any atom is -0.481 e. The molecule has 1 aromatic rings. The number of anilines is 1. The van der Waals surface area contributed by atoms with Gasteiger partial charge in [0.1, 0.15) is 6.33 Å². The second-order valence-corrected chi connectivity index (χ2v) is 4.14. The second kappa shape index (κ2) is 6.88. The predicted octanol–water partition coefficient (Wildman–Crippen LogP) is 2.09. The Bertz CT molecular complexity index is 412. The van der Waals surface area contributed by atoms with Gasteiger partial charge >= 0.3 is 5.97 Å². The maximum Gasteiger partial charge on any atom is 0.306 e. The van der Waals surface area contributed by atoms with Gasteiger partial charge in [-0.2, -0.15) is 0 Å². The van der Waals surface area contributed by atoms with Crippen LogP contribution in [0, 0.1) is 11.7 Å². The number of nitrogens with zero attached hydrogens (tertiary/aromatic N) is 2. The predicted molar refractivity (Wildman–Crippen MR) is 65.9 cm³/mol. The molecular weight excluding hydrogens is 237 g/mol. The Morgan fingerprint density at radius 2 is 2.28 bits per heavy atom. The van der Waals surface area contributed by atoms with Crippen LogP contribution in [0.25, 0.3) is 0 Å². The number of aromatic nitrogens is 2. The molecule has 0 aromatic carbocycles. The SMILES string of the molecule is CCc1ncnc(NCCCC(C)C(=O)O)c1F. The highest BCUT2D eigenvalue weighted by Gasteiger charge is 2.11. The molecule has 0 amide bonds. The first-order valence-electron chi connectivity index (χ1n) is 6.02. The number of carbonyl (C=O) groups is 1. The summed E-state index contributed by atoms with van der Waals surface area (Å²) in [6, 6.07) is 0. The molecule has 5 nitrogen and oxygen atoms in total. The van der Waals surface area contributed by atoms with Crippen molar-refractivity contribution in [2.75, 3.05) is 11.9 Å². The molecule has 0 saturated carbocycles. The highest BCUT2D eigenvalue weighted by atomic mass is 19.1. The molecule has 100 valence electrons. The summed E-state index contributed by atoms with van der Waals surface area (Å²) in [7, 11) is 0. The molecule has 0 aliphatic rings. The summed E-state index contributed by atoms with van der Waals surface area (Å²) in [6.07, 6.45) is 3.04. The lowest BCUT2D eigenvalue weighted by atomic mass is 10.1. The normalized spacial score (nSPS) is 12.2. The van der Waals surface area contributed by atoms with Crippen molar-refractivity contribution in [3.63, 3.8) is 0 Å². The van der Waals surface area contributed by atoms with E-state index in [0.29, 0.717) is 31.5 Å². The third-order valence-corrected chi connectivity index (χ3v) is 2.72. The van der Waals surface area contributed by atoms with Crippen molar-refractivity contribution in [1.29, 1.82) is 0 Å². The lowest BCUT2D eigenvalue weighted by Gasteiger charge is -2.09. The van der Waals surface area contributed by atoms with Crippen LogP contribution in [0.1, 0.15) is 32.4 Å². The van der Waals surface area contributed by atoms with Crippen LogP contribution in [0.5, 0.6) is 0 Å². The van der Waals surface area contributed by atoms with E-state index < -0.39 is 11.8 Å². The summed E-state index contributed by atoms with van der Waals surface area (Å²) in [5.41, 5.74) is 0.381. The van der Waals surface area contributed by atoms with Gasteiger partial charge in [-0.05, 0) is 19.3 Å². The molecule has 1 aromatic heterocycles. The molecule has 0 radical (unpaired) electrons. The van der Waals surface area contributed by atoms with Gasteiger partial charge in [0, 0.05) is 6.54 Å². The quantitative estimate of drug-likeness (QED) is 0.730. The molecule has 0 aliphatic carbocycles. The van der Waals surface area contributed by atoms with E-state index in [2.05, 4.69) is 15.3 Å². The van der Waals surface area contributed by atoms with Crippen LogP contribution < -0.4 is 5.32 Å². The first-order valence-corrected chi connectivity index (χ1v) is 6.02. The van der Waals surface area contributed by atoms with E-state index in [4.69, 9.17) is 5.11 Å². The molecule has 18 heavy (non-hydrogen) atoms. The zero-order valence-corrected chi connectivity index (χ0v) is 10.6. The fraction of sp³-hybridized carbons (Fsp3) is 0.583. The molecule has 0 spiro atoms. The zero-order chi connectivity index (χ0) is 13.5. The Balaban J connectivity index is 2.42. The summed E-state index contributed by atoms with van der Waals surface area (Å²) in [4.78, 5) is 18.3. The van der Waals surface area contributed by atoms with Gasteiger partial charge in [0.2, 0.25) is 0 Å². The Kier molecular flexibility index (Phi) is 5.48. The van der Waals surface area contributed by atoms with Crippen molar-refractivity contribution in [2.45, 2.75) is 33.1 Å². The average molecular weight is 255 g/mol. The van der Waals surface area contributed by atoms with Gasteiger partial charge in [-0.1, -0.05) is 13.8 Å². The highest BCUT2D eigenvalue weighted by Crippen LogP contribution is 2.13. The third-order valence-electron chi connectivity index (χ3n) is 2.72. The van der Waals surface area contributed by atoms with Crippen LogP contribution in [0.3, 0.4) is 0 Å². The van der Waals surface area contributed by atoms with Crippen LogP contribution in [-0.4, -0.2) is 27.6 Å². The van der Waals surface area contributed by atoms with Gasteiger partial charge in [0.25, 0.3) is 0 Å². The number of rotatable bonds is 7. The number of halogens is 1. The van der Waals surface area contributed by atoms with Crippen LogP contribution in [0.15, 0.2) is 6.33 Å². The summed E-state index contributed by atoms with van der Waals surface area (Å²) >= 11 is 0. The van der Waals surface area contributed by atoms with Gasteiger partial charge < -0.3 is 10.4 Å². The van der Waals surface area contributed by atoms with E-state index in [1.165, 1.54) is 6.33 Å². The Morgan fingerprint density at radius 1 is 1.56 bits per heavy atom. The molecule has 1 atom stereocenters. The number of carboxylic acids is 1. The topological polar surface area (TPSA) is 75.1 Å². The average Bonchev–Trinajstić information content (AvgIpc) is 2.35. The van der Waals surface area contributed by atoms with E-state index in [1.807, 2.05) is 6.92 Å². The molecule has 6 heteroatoms. The molecule has 1 rings (SSSR count). The van der Waals surface area contributed by atoms with Gasteiger partial charge in [-0.25, -0.2) is 14.4 Å². The number of nitrogens with one attached hydrogen (secondary N) is 1.